The third-order valence-corrected chi connectivity index (χ3v) is 2.89. The standard InChI is InChI=1S/C13H12O3S/c1-10(14)15-9-12-5-4-11(16-12)6-7-13-3-2-8-17-13/h2-8H,9H2,1H3/b7-6+. The van der Waals surface area contributed by atoms with Gasteiger partial charge in [-0.15, -0.1) is 11.3 Å². The Balaban J connectivity index is 1.96. The largest absolute Gasteiger partial charge is 0.458 e. The van der Waals surface area contributed by atoms with Crippen LogP contribution in [0.4, 0.5) is 0 Å². The topological polar surface area (TPSA) is 39.4 Å². The number of rotatable bonds is 4. The van der Waals surface area contributed by atoms with Gasteiger partial charge in [0.2, 0.25) is 0 Å². The Kier molecular flexibility index (Phi) is 3.77. The molecule has 0 N–H and O–H groups in total. The minimum Gasteiger partial charge on any atom is -0.458 e. The lowest BCUT2D eigenvalue weighted by Gasteiger charge is -1.96. The Morgan fingerprint density at radius 2 is 2.29 bits per heavy atom. The van der Waals surface area contributed by atoms with Crippen molar-refractivity contribution in [2.24, 2.45) is 0 Å². The van der Waals surface area contributed by atoms with Crippen molar-refractivity contribution in [2.45, 2.75) is 13.5 Å². The predicted octanol–water partition coefficient (Wildman–Crippen LogP) is 3.57. The molecule has 0 aromatic carbocycles. The lowest BCUT2D eigenvalue weighted by molar-refractivity contribution is -0.142. The van der Waals surface area contributed by atoms with Crippen molar-refractivity contribution in [2.75, 3.05) is 0 Å². The summed E-state index contributed by atoms with van der Waals surface area (Å²) in [4.78, 5) is 11.8. The summed E-state index contributed by atoms with van der Waals surface area (Å²) >= 11 is 1.67. The van der Waals surface area contributed by atoms with Gasteiger partial charge in [-0.25, -0.2) is 0 Å². The molecule has 0 fully saturated rings. The van der Waals surface area contributed by atoms with Crippen LogP contribution in [-0.2, 0) is 16.1 Å². The van der Waals surface area contributed by atoms with Crippen LogP contribution in [0.15, 0.2) is 34.1 Å². The molecule has 0 saturated heterocycles. The molecule has 2 rings (SSSR count). The lowest BCUT2D eigenvalue weighted by Crippen LogP contribution is -1.97. The molecule has 17 heavy (non-hydrogen) atoms. The molecule has 0 bridgehead atoms. The van der Waals surface area contributed by atoms with Crippen molar-refractivity contribution in [3.8, 4) is 0 Å². The monoisotopic (exact) mass is 248 g/mol. The highest BCUT2D eigenvalue weighted by molar-refractivity contribution is 7.10. The number of hydrogen-bond donors (Lipinski definition) is 0. The van der Waals surface area contributed by atoms with Crippen LogP contribution >= 0.6 is 11.3 Å². The summed E-state index contributed by atoms with van der Waals surface area (Å²) in [5, 5.41) is 2.02. The summed E-state index contributed by atoms with van der Waals surface area (Å²) in [5.74, 6) is 1.09. The van der Waals surface area contributed by atoms with Gasteiger partial charge in [0.25, 0.3) is 0 Å². The second-order valence-electron chi connectivity index (χ2n) is 3.43. The van der Waals surface area contributed by atoms with Crippen LogP contribution in [0, 0.1) is 0 Å². The van der Waals surface area contributed by atoms with E-state index in [4.69, 9.17) is 9.15 Å². The third kappa shape index (κ3) is 3.60. The van der Waals surface area contributed by atoms with E-state index in [-0.39, 0.29) is 12.6 Å². The van der Waals surface area contributed by atoms with Crippen molar-refractivity contribution in [1.82, 2.24) is 0 Å². The van der Waals surface area contributed by atoms with E-state index in [0.717, 1.165) is 5.76 Å². The van der Waals surface area contributed by atoms with Gasteiger partial charge in [0.1, 0.15) is 18.1 Å². The van der Waals surface area contributed by atoms with Gasteiger partial charge in [0, 0.05) is 11.8 Å². The lowest BCUT2D eigenvalue weighted by atomic mass is 10.3. The first-order valence-electron chi connectivity index (χ1n) is 5.18. The second-order valence-corrected chi connectivity index (χ2v) is 4.41. The number of esters is 1. The second kappa shape index (κ2) is 5.50. The predicted molar refractivity (Wildman–Crippen MR) is 67.4 cm³/mol. The molecule has 2 heterocycles. The molecule has 0 unspecified atom stereocenters. The molecule has 0 aliphatic rings. The fraction of sp³-hybridized carbons (Fsp3) is 0.154. The van der Waals surface area contributed by atoms with Crippen molar-refractivity contribution in [3.05, 3.63) is 46.0 Å². The summed E-state index contributed by atoms with van der Waals surface area (Å²) < 4.78 is 10.3. The van der Waals surface area contributed by atoms with Crippen molar-refractivity contribution in [1.29, 1.82) is 0 Å². The molecule has 0 amide bonds. The van der Waals surface area contributed by atoms with E-state index in [0.29, 0.717) is 5.76 Å². The van der Waals surface area contributed by atoms with Gasteiger partial charge in [-0.3, -0.25) is 4.79 Å². The minimum absolute atomic E-state index is 0.183. The first-order valence-corrected chi connectivity index (χ1v) is 6.05. The zero-order chi connectivity index (χ0) is 12.1. The van der Waals surface area contributed by atoms with Gasteiger partial charge in [0.15, 0.2) is 0 Å². The molecule has 0 radical (unpaired) electrons. The van der Waals surface area contributed by atoms with Crippen LogP contribution in [-0.4, -0.2) is 5.97 Å². The first-order chi connectivity index (χ1) is 8.24. The normalized spacial score (nSPS) is 10.9. The van der Waals surface area contributed by atoms with E-state index in [2.05, 4.69) is 0 Å². The number of carbonyl (C=O) groups excluding carboxylic acids is 1. The number of hydrogen-bond acceptors (Lipinski definition) is 4. The van der Waals surface area contributed by atoms with Gasteiger partial charge in [-0.2, -0.15) is 0 Å². The van der Waals surface area contributed by atoms with Crippen LogP contribution < -0.4 is 0 Å². The molecule has 2 aromatic heterocycles. The Hall–Kier alpha value is -1.81. The maximum absolute atomic E-state index is 10.6. The molecule has 0 spiro atoms. The quantitative estimate of drug-likeness (QED) is 0.776. The molecule has 0 atom stereocenters. The average Bonchev–Trinajstić information content (AvgIpc) is 2.95. The van der Waals surface area contributed by atoms with E-state index < -0.39 is 0 Å². The molecule has 0 aliphatic heterocycles. The Morgan fingerprint density at radius 1 is 1.41 bits per heavy atom. The number of thiophene rings is 1. The van der Waals surface area contributed by atoms with E-state index in [9.17, 15) is 4.79 Å². The smallest absolute Gasteiger partial charge is 0.303 e. The molecule has 3 nitrogen and oxygen atoms in total. The van der Waals surface area contributed by atoms with Crippen LogP contribution in [0.3, 0.4) is 0 Å². The first kappa shape index (κ1) is 11.7. The van der Waals surface area contributed by atoms with E-state index in [1.807, 2.05) is 35.7 Å². The summed E-state index contributed by atoms with van der Waals surface area (Å²) in [5.41, 5.74) is 0. The fourth-order valence-electron chi connectivity index (χ4n) is 1.28. The zero-order valence-electron chi connectivity index (χ0n) is 9.38. The van der Waals surface area contributed by atoms with Gasteiger partial charge in [-0.1, -0.05) is 6.07 Å². The number of ether oxygens (including phenoxy) is 1. The van der Waals surface area contributed by atoms with E-state index >= 15 is 0 Å². The zero-order valence-corrected chi connectivity index (χ0v) is 10.2. The summed E-state index contributed by atoms with van der Waals surface area (Å²) in [7, 11) is 0. The van der Waals surface area contributed by atoms with E-state index in [1.54, 1.807) is 17.4 Å². The van der Waals surface area contributed by atoms with Crippen LogP contribution in [0.2, 0.25) is 0 Å². The van der Waals surface area contributed by atoms with Crippen molar-refractivity contribution in [3.63, 3.8) is 0 Å². The van der Waals surface area contributed by atoms with Crippen molar-refractivity contribution >= 4 is 29.5 Å². The third-order valence-electron chi connectivity index (χ3n) is 2.06. The molecule has 2 aromatic rings. The van der Waals surface area contributed by atoms with Crippen LogP contribution in [0.25, 0.3) is 12.2 Å². The Labute approximate surface area is 103 Å². The molecular weight excluding hydrogens is 236 g/mol. The Morgan fingerprint density at radius 3 is 3.00 bits per heavy atom. The van der Waals surface area contributed by atoms with Gasteiger partial charge >= 0.3 is 5.97 Å². The fourth-order valence-corrected chi connectivity index (χ4v) is 1.90. The highest BCUT2D eigenvalue weighted by atomic mass is 32.1. The minimum atomic E-state index is -0.308. The SMILES string of the molecule is CC(=O)OCc1ccc(/C=C/c2cccs2)o1. The maximum atomic E-state index is 10.6. The van der Waals surface area contributed by atoms with Gasteiger partial charge < -0.3 is 9.15 Å². The average molecular weight is 248 g/mol. The number of carbonyl (C=O) groups is 1. The summed E-state index contributed by atoms with van der Waals surface area (Å²) in [6.45, 7) is 1.56. The van der Waals surface area contributed by atoms with E-state index in [1.165, 1.54) is 11.8 Å². The molecule has 0 saturated carbocycles. The molecule has 4 heteroatoms. The van der Waals surface area contributed by atoms with Crippen molar-refractivity contribution < 1.29 is 13.9 Å². The number of furan rings is 1. The molecule has 0 aliphatic carbocycles. The molecule has 88 valence electrons. The highest BCUT2D eigenvalue weighted by Gasteiger charge is 2.01. The maximum Gasteiger partial charge on any atom is 0.303 e. The Bertz CT molecular complexity index is 509. The van der Waals surface area contributed by atoms with Gasteiger partial charge in [-0.05, 0) is 35.7 Å². The van der Waals surface area contributed by atoms with Crippen LogP contribution in [0.1, 0.15) is 23.3 Å². The van der Waals surface area contributed by atoms with Crippen LogP contribution in [0.5, 0.6) is 0 Å². The summed E-state index contributed by atoms with van der Waals surface area (Å²) in [6.07, 6.45) is 3.88. The highest BCUT2D eigenvalue weighted by Crippen LogP contribution is 2.15. The van der Waals surface area contributed by atoms with Gasteiger partial charge in [0.05, 0.1) is 0 Å². The molecular formula is C13H12O3S. The summed E-state index contributed by atoms with van der Waals surface area (Å²) in [6, 6.07) is 7.68.